The second-order valence-electron chi connectivity index (χ2n) is 6.60. The number of nitrogens with zero attached hydrogens (tertiary/aromatic N) is 1. The summed E-state index contributed by atoms with van der Waals surface area (Å²) in [5.74, 6) is 0.995. The van der Waals surface area contributed by atoms with Crippen LogP contribution < -0.4 is 5.32 Å². The first kappa shape index (κ1) is 14.1. The van der Waals surface area contributed by atoms with E-state index in [1.165, 1.54) is 0 Å². The molecule has 1 aliphatic carbocycles. The zero-order valence-corrected chi connectivity index (χ0v) is 12.3. The molecule has 3 atom stereocenters. The SMILES string of the molecule is C=C(C)C(C)(C)NC(=O)C1[C@@H]2C[C@H]1CN(C(C)=O)C2. The number of rotatable bonds is 3. The molecule has 0 radical (unpaired) electrons. The fraction of sp³-hybridized carbons (Fsp3) is 0.733. The van der Waals surface area contributed by atoms with Crippen molar-refractivity contribution in [1.82, 2.24) is 10.2 Å². The fourth-order valence-corrected chi connectivity index (χ4v) is 3.07. The first-order chi connectivity index (χ1) is 8.72. The van der Waals surface area contributed by atoms with Gasteiger partial charge >= 0.3 is 0 Å². The van der Waals surface area contributed by atoms with E-state index in [1.54, 1.807) is 6.92 Å². The van der Waals surface area contributed by atoms with Gasteiger partial charge in [-0.05, 0) is 39.0 Å². The Bertz CT molecular complexity index is 416. The Hall–Kier alpha value is -1.32. The van der Waals surface area contributed by atoms with E-state index in [9.17, 15) is 9.59 Å². The van der Waals surface area contributed by atoms with E-state index in [4.69, 9.17) is 0 Å². The van der Waals surface area contributed by atoms with Crippen molar-refractivity contribution < 1.29 is 9.59 Å². The minimum Gasteiger partial charge on any atom is -0.347 e. The van der Waals surface area contributed by atoms with E-state index in [2.05, 4.69) is 11.9 Å². The van der Waals surface area contributed by atoms with Crippen molar-refractivity contribution in [3.8, 4) is 0 Å². The molecular weight excluding hydrogens is 240 g/mol. The Morgan fingerprint density at radius 2 is 1.74 bits per heavy atom. The van der Waals surface area contributed by atoms with E-state index < -0.39 is 0 Å². The highest BCUT2D eigenvalue weighted by molar-refractivity contribution is 5.82. The van der Waals surface area contributed by atoms with Crippen LogP contribution in [0.2, 0.25) is 0 Å². The second kappa shape index (κ2) is 4.66. The lowest BCUT2D eigenvalue weighted by Gasteiger charge is -2.53. The molecule has 1 N–H and O–H groups in total. The summed E-state index contributed by atoms with van der Waals surface area (Å²) in [4.78, 5) is 25.6. The van der Waals surface area contributed by atoms with Crippen LogP contribution in [0.4, 0.5) is 0 Å². The molecule has 0 aromatic rings. The molecule has 3 fully saturated rings. The Balaban J connectivity index is 1.97. The van der Waals surface area contributed by atoms with Gasteiger partial charge in [-0.15, -0.1) is 0 Å². The summed E-state index contributed by atoms with van der Waals surface area (Å²) in [6, 6.07) is 0. The van der Waals surface area contributed by atoms with Gasteiger partial charge < -0.3 is 10.2 Å². The third-order valence-corrected chi connectivity index (χ3v) is 4.78. The second-order valence-corrected chi connectivity index (χ2v) is 6.60. The maximum Gasteiger partial charge on any atom is 0.224 e. The number of carbonyl (C=O) groups is 2. The minimum absolute atomic E-state index is 0.0780. The molecule has 19 heavy (non-hydrogen) atoms. The molecule has 3 rings (SSSR count). The number of amides is 2. The molecule has 2 aliphatic heterocycles. The van der Waals surface area contributed by atoms with E-state index >= 15 is 0 Å². The number of piperidine rings is 2. The van der Waals surface area contributed by atoms with Crippen LogP contribution in [0.3, 0.4) is 0 Å². The standard InChI is InChI=1S/C15H24N2O2/c1-9(2)15(4,5)16-14(19)13-11-6-12(13)8-17(7-11)10(3)18/h11-13H,1,6-8H2,2-5H3,(H,16,19)/t11-,12+,13?. The summed E-state index contributed by atoms with van der Waals surface area (Å²) in [6.45, 7) is 12.9. The summed E-state index contributed by atoms with van der Waals surface area (Å²) in [6.07, 6.45) is 1.08. The van der Waals surface area contributed by atoms with E-state index in [0.29, 0.717) is 11.8 Å². The summed E-state index contributed by atoms with van der Waals surface area (Å²) in [5, 5.41) is 3.09. The van der Waals surface area contributed by atoms with Gasteiger partial charge in [0.25, 0.3) is 0 Å². The summed E-state index contributed by atoms with van der Waals surface area (Å²) < 4.78 is 0. The smallest absolute Gasteiger partial charge is 0.224 e. The van der Waals surface area contributed by atoms with Crippen molar-refractivity contribution in [3.63, 3.8) is 0 Å². The Labute approximate surface area is 115 Å². The van der Waals surface area contributed by atoms with Gasteiger partial charge in [0.2, 0.25) is 11.8 Å². The lowest BCUT2D eigenvalue weighted by atomic mass is 9.61. The number of nitrogens with one attached hydrogen (secondary N) is 1. The highest BCUT2D eigenvalue weighted by atomic mass is 16.2. The average Bonchev–Trinajstić information content (AvgIpc) is 2.27. The molecule has 2 amide bonds. The maximum absolute atomic E-state index is 12.4. The third-order valence-electron chi connectivity index (χ3n) is 4.78. The van der Waals surface area contributed by atoms with E-state index in [-0.39, 0.29) is 23.3 Å². The van der Waals surface area contributed by atoms with Gasteiger partial charge in [-0.25, -0.2) is 0 Å². The minimum atomic E-state index is -0.360. The Morgan fingerprint density at radius 1 is 1.21 bits per heavy atom. The Morgan fingerprint density at radius 3 is 2.16 bits per heavy atom. The molecule has 3 aliphatic rings. The van der Waals surface area contributed by atoms with Crippen molar-refractivity contribution >= 4 is 11.8 Å². The highest BCUT2D eigenvalue weighted by Gasteiger charge is 2.51. The van der Waals surface area contributed by atoms with Crippen molar-refractivity contribution in [3.05, 3.63) is 12.2 Å². The predicted molar refractivity (Wildman–Crippen MR) is 74.4 cm³/mol. The lowest BCUT2D eigenvalue weighted by molar-refractivity contribution is -0.151. The summed E-state index contributed by atoms with van der Waals surface area (Å²) in [5.41, 5.74) is 0.594. The van der Waals surface area contributed by atoms with Crippen molar-refractivity contribution in [2.75, 3.05) is 13.1 Å². The van der Waals surface area contributed by atoms with Crippen LogP contribution in [-0.4, -0.2) is 35.3 Å². The molecule has 0 aromatic heterocycles. The van der Waals surface area contributed by atoms with Gasteiger partial charge in [0, 0.05) is 25.9 Å². The van der Waals surface area contributed by atoms with E-state index in [1.807, 2.05) is 25.7 Å². The lowest BCUT2D eigenvalue weighted by Crippen LogP contribution is -2.62. The molecule has 1 saturated carbocycles. The normalized spacial score (nSPS) is 29.5. The molecule has 2 heterocycles. The van der Waals surface area contributed by atoms with Crippen molar-refractivity contribution in [2.45, 2.75) is 39.7 Å². The molecular formula is C15H24N2O2. The summed E-state index contributed by atoms with van der Waals surface area (Å²) in [7, 11) is 0. The monoisotopic (exact) mass is 264 g/mol. The zero-order valence-electron chi connectivity index (χ0n) is 12.3. The number of hydrogen-bond donors (Lipinski definition) is 1. The van der Waals surface area contributed by atoms with Crippen LogP contribution in [0.1, 0.15) is 34.1 Å². The van der Waals surface area contributed by atoms with Gasteiger partial charge in [-0.3, -0.25) is 9.59 Å². The van der Waals surface area contributed by atoms with Crippen LogP contribution in [0, 0.1) is 17.8 Å². The van der Waals surface area contributed by atoms with E-state index in [0.717, 1.165) is 25.1 Å². The molecule has 2 bridgehead atoms. The Kier molecular flexibility index (Phi) is 3.45. The molecule has 1 unspecified atom stereocenters. The first-order valence-corrected chi connectivity index (χ1v) is 6.96. The average molecular weight is 264 g/mol. The molecule has 0 spiro atoms. The third kappa shape index (κ3) is 2.53. The highest BCUT2D eigenvalue weighted by Crippen LogP contribution is 2.45. The van der Waals surface area contributed by atoms with Gasteiger partial charge in [0.1, 0.15) is 0 Å². The van der Waals surface area contributed by atoms with Gasteiger partial charge in [-0.1, -0.05) is 12.2 Å². The number of carbonyl (C=O) groups excluding carboxylic acids is 2. The van der Waals surface area contributed by atoms with Crippen molar-refractivity contribution in [1.29, 1.82) is 0 Å². The quantitative estimate of drug-likeness (QED) is 0.787. The predicted octanol–water partition coefficient (Wildman–Crippen LogP) is 1.57. The molecule has 2 saturated heterocycles. The van der Waals surface area contributed by atoms with Crippen molar-refractivity contribution in [2.24, 2.45) is 17.8 Å². The van der Waals surface area contributed by atoms with Crippen LogP contribution >= 0.6 is 0 Å². The molecule has 4 heteroatoms. The summed E-state index contributed by atoms with van der Waals surface area (Å²) >= 11 is 0. The molecule has 106 valence electrons. The van der Waals surface area contributed by atoms with Crippen LogP contribution in [-0.2, 0) is 9.59 Å². The van der Waals surface area contributed by atoms with Gasteiger partial charge in [0.05, 0.1) is 5.54 Å². The largest absolute Gasteiger partial charge is 0.347 e. The van der Waals surface area contributed by atoms with Crippen LogP contribution in [0.15, 0.2) is 12.2 Å². The zero-order chi connectivity index (χ0) is 14.4. The number of hydrogen-bond acceptors (Lipinski definition) is 2. The topological polar surface area (TPSA) is 49.4 Å². The molecule has 4 nitrogen and oxygen atoms in total. The van der Waals surface area contributed by atoms with Crippen LogP contribution in [0.5, 0.6) is 0 Å². The van der Waals surface area contributed by atoms with Gasteiger partial charge in [0.15, 0.2) is 0 Å². The first-order valence-electron chi connectivity index (χ1n) is 6.96. The van der Waals surface area contributed by atoms with Gasteiger partial charge in [-0.2, -0.15) is 0 Å². The number of fused-ring (bicyclic) bond motifs is 2. The maximum atomic E-state index is 12.4. The van der Waals surface area contributed by atoms with Crippen LogP contribution in [0.25, 0.3) is 0 Å². The fourth-order valence-electron chi connectivity index (χ4n) is 3.07. The molecule has 0 aromatic carbocycles.